The first-order chi connectivity index (χ1) is 7.23. The van der Waals surface area contributed by atoms with Gasteiger partial charge in [0.15, 0.2) is 0 Å². The van der Waals surface area contributed by atoms with Crippen LogP contribution in [0.2, 0.25) is 0 Å². The van der Waals surface area contributed by atoms with E-state index >= 15 is 0 Å². The van der Waals surface area contributed by atoms with Crippen LogP contribution in [0.3, 0.4) is 0 Å². The second kappa shape index (κ2) is 5.05. The Hall–Kier alpha value is -0.0800. The fraction of sp³-hybridized carbons (Fsp3) is 1.00. The van der Waals surface area contributed by atoms with Gasteiger partial charge in [-0.25, -0.2) is 0 Å². The Balaban J connectivity index is 2.50. The van der Waals surface area contributed by atoms with Crippen molar-refractivity contribution in [1.29, 1.82) is 0 Å². The summed E-state index contributed by atoms with van der Waals surface area (Å²) in [7, 11) is 0. The molecule has 1 unspecified atom stereocenters. The molecule has 1 atom stereocenters. The standard InChI is InChI=1S/C14H29NO/c1-12(2)14(5,16)11-15-9-6-7-13(3,4)8-10-15/h12,16H,6-11H2,1-5H3. The Morgan fingerprint density at radius 2 is 1.88 bits per heavy atom. The van der Waals surface area contributed by atoms with Crippen LogP contribution in [0, 0.1) is 11.3 Å². The molecule has 0 radical (unpaired) electrons. The molecule has 96 valence electrons. The maximum absolute atomic E-state index is 10.3. The lowest BCUT2D eigenvalue weighted by Gasteiger charge is -2.34. The smallest absolute Gasteiger partial charge is 0.0768 e. The summed E-state index contributed by atoms with van der Waals surface area (Å²) in [5.41, 5.74) is -0.0626. The summed E-state index contributed by atoms with van der Waals surface area (Å²) >= 11 is 0. The van der Waals surface area contributed by atoms with Crippen LogP contribution in [0.5, 0.6) is 0 Å². The Kier molecular flexibility index (Phi) is 4.42. The number of likely N-dealkylation sites (tertiary alicyclic amines) is 1. The average Bonchev–Trinajstić information content (AvgIpc) is 2.27. The third-order valence-corrected chi connectivity index (χ3v) is 4.22. The van der Waals surface area contributed by atoms with E-state index in [0.717, 1.165) is 19.6 Å². The highest BCUT2D eigenvalue weighted by molar-refractivity contribution is 4.83. The molecule has 1 heterocycles. The van der Waals surface area contributed by atoms with Gasteiger partial charge < -0.3 is 10.0 Å². The molecular weight excluding hydrogens is 198 g/mol. The van der Waals surface area contributed by atoms with Crippen molar-refractivity contribution in [3.05, 3.63) is 0 Å². The molecular formula is C14H29NO. The van der Waals surface area contributed by atoms with Gasteiger partial charge in [0.05, 0.1) is 5.60 Å². The highest BCUT2D eigenvalue weighted by Gasteiger charge is 2.30. The zero-order valence-corrected chi connectivity index (χ0v) is 11.7. The van der Waals surface area contributed by atoms with Gasteiger partial charge in [0, 0.05) is 6.54 Å². The quantitative estimate of drug-likeness (QED) is 0.801. The summed E-state index contributed by atoms with van der Waals surface area (Å²) in [6.07, 6.45) is 3.83. The van der Waals surface area contributed by atoms with Gasteiger partial charge in [0.2, 0.25) is 0 Å². The second-order valence-electron chi connectivity index (χ2n) is 6.81. The molecule has 0 spiro atoms. The summed E-state index contributed by atoms with van der Waals surface area (Å²) < 4.78 is 0. The highest BCUT2D eigenvalue weighted by Crippen LogP contribution is 2.30. The van der Waals surface area contributed by atoms with E-state index in [4.69, 9.17) is 0 Å². The van der Waals surface area contributed by atoms with Crippen molar-refractivity contribution in [3.63, 3.8) is 0 Å². The molecule has 1 aliphatic heterocycles. The van der Waals surface area contributed by atoms with Gasteiger partial charge in [-0.15, -0.1) is 0 Å². The predicted molar refractivity (Wildman–Crippen MR) is 69.5 cm³/mol. The van der Waals surface area contributed by atoms with E-state index in [1.165, 1.54) is 19.3 Å². The van der Waals surface area contributed by atoms with Crippen LogP contribution in [-0.4, -0.2) is 35.2 Å². The Morgan fingerprint density at radius 3 is 2.44 bits per heavy atom. The van der Waals surface area contributed by atoms with Crippen LogP contribution >= 0.6 is 0 Å². The Bertz CT molecular complexity index is 221. The third-order valence-electron chi connectivity index (χ3n) is 4.22. The average molecular weight is 227 g/mol. The molecule has 0 aromatic rings. The largest absolute Gasteiger partial charge is 0.389 e. The van der Waals surface area contributed by atoms with Crippen molar-refractivity contribution < 1.29 is 5.11 Å². The molecule has 2 nitrogen and oxygen atoms in total. The number of β-amino-alcohol motifs (C(OH)–C–C–N with tert-alkyl or cyclic N) is 1. The molecule has 1 rings (SSSR count). The van der Waals surface area contributed by atoms with E-state index in [-0.39, 0.29) is 0 Å². The summed E-state index contributed by atoms with van der Waals surface area (Å²) in [5.74, 6) is 0.323. The summed E-state index contributed by atoms with van der Waals surface area (Å²) in [6, 6.07) is 0. The molecule has 1 aliphatic rings. The lowest BCUT2D eigenvalue weighted by atomic mass is 9.85. The zero-order chi connectivity index (χ0) is 12.4. The first kappa shape index (κ1) is 14.0. The minimum atomic E-state index is -0.547. The normalized spacial score (nSPS) is 26.4. The highest BCUT2D eigenvalue weighted by atomic mass is 16.3. The predicted octanol–water partition coefficient (Wildman–Crippen LogP) is 2.91. The third kappa shape index (κ3) is 4.06. The van der Waals surface area contributed by atoms with E-state index in [9.17, 15) is 5.11 Å². The summed E-state index contributed by atoms with van der Waals surface area (Å²) in [6.45, 7) is 14.0. The molecule has 1 fully saturated rings. The molecule has 0 aromatic heterocycles. The van der Waals surface area contributed by atoms with E-state index in [1.54, 1.807) is 0 Å². The minimum absolute atomic E-state index is 0.323. The van der Waals surface area contributed by atoms with Gasteiger partial charge in [-0.1, -0.05) is 27.7 Å². The molecule has 1 N–H and O–H groups in total. The molecule has 0 aliphatic carbocycles. The molecule has 0 saturated carbocycles. The van der Waals surface area contributed by atoms with Crippen LogP contribution in [-0.2, 0) is 0 Å². The SMILES string of the molecule is CC(C)C(C)(O)CN1CCCC(C)(C)CC1. The van der Waals surface area contributed by atoms with Crippen LogP contribution in [0.15, 0.2) is 0 Å². The van der Waals surface area contributed by atoms with Crippen molar-refractivity contribution in [3.8, 4) is 0 Å². The van der Waals surface area contributed by atoms with Gasteiger partial charge in [-0.05, 0) is 50.6 Å². The maximum atomic E-state index is 10.3. The first-order valence-corrected chi connectivity index (χ1v) is 6.68. The fourth-order valence-electron chi connectivity index (χ4n) is 2.27. The number of aliphatic hydroxyl groups is 1. The molecule has 1 saturated heterocycles. The van der Waals surface area contributed by atoms with Crippen LogP contribution < -0.4 is 0 Å². The lowest BCUT2D eigenvalue weighted by Crippen LogP contribution is -2.45. The number of hydrogen-bond acceptors (Lipinski definition) is 2. The Labute approximate surface area is 101 Å². The Morgan fingerprint density at radius 1 is 1.25 bits per heavy atom. The summed E-state index contributed by atoms with van der Waals surface area (Å²) in [5, 5.41) is 10.3. The van der Waals surface area contributed by atoms with Crippen molar-refractivity contribution in [2.24, 2.45) is 11.3 Å². The van der Waals surface area contributed by atoms with Gasteiger partial charge in [0.1, 0.15) is 0 Å². The van der Waals surface area contributed by atoms with Gasteiger partial charge in [-0.2, -0.15) is 0 Å². The fourth-order valence-corrected chi connectivity index (χ4v) is 2.27. The molecule has 0 aromatic carbocycles. The molecule has 2 heteroatoms. The molecule has 0 amide bonds. The van der Waals surface area contributed by atoms with Crippen molar-refractivity contribution in [2.75, 3.05) is 19.6 Å². The summed E-state index contributed by atoms with van der Waals surface area (Å²) in [4.78, 5) is 2.44. The van der Waals surface area contributed by atoms with Crippen LogP contribution in [0.4, 0.5) is 0 Å². The number of rotatable bonds is 3. The number of hydrogen-bond donors (Lipinski definition) is 1. The number of nitrogens with zero attached hydrogens (tertiary/aromatic N) is 1. The molecule has 0 bridgehead atoms. The van der Waals surface area contributed by atoms with Gasteiger partial charge >= 0.3 is 0 Å². The van der Waals surface area contributed by atoms with Gasteiger partial charge in [-0.3, -0.25) is 0 Å². The minimum Gasteiger partial charge on any atom is -0.389 e. The first-order valence-electron chi connectivity index (χ1n) is 6.68. The topological polar surface area (TPSA) is 23.5 Å². The lowest BCUT2D eigenvalue weighted by molar-refractivity contribution is -0.0185. The van der Waals surface area contributed by atoms with Crippen LogP contribution in [0.25, 0.3) is 0 Å². The second-order valence-corrected chi connectivity index (χ2v) is 6.81. The van der Waals surface area contributed by atoms with Crippen LogP contribution in [0.1, 0.15) is 53.9 Å². The van der Waals surface area contributed by atoms with E-state index in [0.29, 0.717) is 11.3 Å². The monoisotopic (exact) mass is 227 g/mol. The van der Waals surface area contributed by atoms with E-state index in [2.05, 4.69) is 32.6 Å². The van der Waals surface area contributed by atoms with E-state index in [1.807, 2.05) is 6.92 Å². The molecule has 16 heavy (non-hydrogen) atoms. The maximum Gasteiger partial charge on any atom is 0.0768 e. The van der Waals surface area contributed by atoms with Crippen molar-refractivity contribution >= 4 is 0 Å². The van der Waals surface area contributed by atoms with Crippen molar-refractivity contribution in [2.45, 2.75) is 59.5 Å². The van der Waals surface area contributed by atoms with Crippen molar-refractivity contribution in [1.82, 2.24) is 4.90 Å². The zero-order valence-electron chi connectivity index (χ0n) is 11.7. The van der Waals surface area contributed by atoms with Gasteiger partial charge in [0.25, 0.3) is 0 Å². The van der Waals surface area contributed by atoms with E-state index < -0.39 is 5.60 Å².